The van der Waals surface area contributed by atoms with Crippen LogP contribution in [0.15, 0.2) is 42.6 Å². The van der Waals surface area contributed by atoms with Gasteiger partial charge in [0.25, 0.3) is 17.7 Å². The number of hydrogen-bond donors (Lipinski definition) is 3. The minimum absolute atomic E-state index is 0.00274. The van der Waals surface area contributed by atoms with Gasteiger partial charge in [0.05, 0.1) is 56.3 Å². The minimum Gasteiger partial charge on any atom is -0.483 e. The molecule has 4 heterocycles. The van der Waals surface area contributed by atoms with Crippen molar-refractivity contribution in [3.05, 3.63) is 59.4 Å². The van der Waals surface area contributed by atoms with Crippen molar-refractivity contribution < 1.29 is 52.5 Å². The van der Waals surface area contributed by atoms with Crippen LogP contribution in [-0.2, 0) is 38.9 Å². The zero-order chi connectivity index (χ0) is 37.5. The van der Waals surface area contributed by atoms with Crippen molar-refractivity contribution in [1.82, 2.24) is 30.7 Å². The first-order valence-corrected chi connectivity index (χ1v) is 16.9. The molecule has 1 aromatic carbocycles. The summed E-state index contributed by atoms with van der Waals surface area (Å²) in [6.07, 6.45) is 1.27. The zero-order valence-corrected chi connectivity index (χ0v) is 29.2. The summed E-state index contributed by atoms with van der Waals surface area (Å²) in [5.74, 6) is -3.34. The van der Waals surface area contributed by atoms with Gasteiger partial charge in [-0.15, -0.1) is 0 Å². The largest absolute Gasteiger partial charge is 0.483 e. The highest BCUT2D eigenvalue weighted by atomic mass is 16.6. The van der Waals surface area contributed by atoms with E-state index in [1.807, 2.05) is 6.07 Å². The lowest BCUT2D eigenvalue weighted by Crippen LogP contribution is -2.69. The first-order valence-electron chi connectivity index (χ1n) is 16.9. The number of rotatable bonds is 15. The van der Waals surface area contributed by atoms with E-state index >= 15 is 0 Å². The van der Waals surface area contributed by atoms with E-state index in [1.54, 1.807) is 39.1 Å². The van der Waals surface area contributed by atoms with Crippen LogP contribution in [0.5, 0.6) is 5.75 Å². The predicted molar refractivity (Wildman–Crippen MR) is 180 cm³/mol. The molecule has 3 aliphatic rings. The maximum atomic E-state index is 13.2. The number of carbonyl (C=O) groups excluding carboxylic acids is 7. The van der Waals surface area contributed by atoms with Crippen LogP contribution in [0.1, 0.15) is 66.4 Å². The van der Waals surface area contributed by atoms with Gasteiger partial charge in [-0.25, -0.2) is 4.79 Å². The second-order valence-electron chi connectivity index (χ2n) is 13.4. The van der Waals surface area contributed by atoms with Crippen molar-refractivity contribution in [2.75, 3.05) is 52.7 Å². The fourth-order valence-corrected chi connectivity index (χ4v) is 5.89. The Morgan fingerprint density at radius 3 is 2.38 bits per heavy atom. The molecule has 2 aromatic rings. The van der Waals surface area contributed by atoms with Crippen LogP contribution in [0.4, 0.5) is 4.79 Å². The molecule has 0 spiro atoms. The number of piperidine rings is 1. The molecule has 5 rings (SSSR count). The zero-order valence-electron chi connectivity index (χ0n) is 29.2. The molecule has 3 aliphatic heterocycles. The van der Waals surface area contributed by atoms with Gasteiger partial charge in [-0.05, 0) is 51.5 Å². The number of pyridine rings is 1. The van der Waals surface area contributed by atoms with Crippen LogP contribution in [0, 0.1) is 0 Å². The number of likely N-dealkylation sites (tertiary alicyclic amines) is 1. The Morgan fingerprint density at radius 2 is 1.69 bits per heavy atom. The van der Waals surface area contributed by atoms with Gasteiger partial charge in [0, 0.05) is 25.6 Å². The van der Waals surface area contributed by atoms with E-state index in [1.165, 1.54) is 23.1 Å². The van der Waals surface area contributed by atoms with Gasteiger partial charge in [0.2, 0.25) is 17.7 Å². The van der Waals surface area contributed by atoms with E-state index in [-0.39, 0.29) is 88.1 Å². The Labute approximate surface area is 299 Å². The normalized spacial score (nSPS) is 17.9. The summed E-state index contributed by atoms with van der Waals surface area (Å²) >= 11 is 0. The minimum atomic E-state index is -1.12. The maximum absolute atomic E-state index is 13.2. The molecule has 17 nitrogen and oxygen atoms in total. The van der Waals surface area contributed by atoms with E-state index in [2.05, 4.69) is 20.9 Å². The van der Waals surface area contributed by atoms with Crippen molar-refractivity contribution in [2.45, 2.75) is 57.2 Å². The second kappa shape index (κ2) is 16.3. The number of hydrogen-bond acceptors (Lipinski definition) is 12. The molecule has 278 valence electrons. The first-order chi connectivity index (χ1) is 24.8. The fourth-order valence-electron chi connectivity index (χ4n) is 5.89. The van der Waals surface area contributed by atoms with E-state index in [0.29, 0.717) is 5.69 Å². The van der Waals surface area contributed by atoms with Crippen LogP contribution < -0.4 is 20.7 Å². The lowest BCUT2D eigenvalue weighted by Gasteiger charge is -2.49. The number of aromatic nitrogens is 1. The van der Waals surface area contributed by atoms with Crippen molar-refractivity contribution >= 4 is 41.5 Å². The van der Waals surface area contributed by atoms with Gasteiger partial charge in [0.15, 0.2) is 6.61 Å². The molecule has 2 fully saturated rings. The topological polar surface area (TPSA) is 212 Å². The van der Waals surface area contributed by atoms with E-state index in [9.17, 15) is 33.6 Å². The molecular formula is C35H42N6O11. The van der Waals surface area contributed by atoms with Crippen LogP contribution in [0.3, 0.4) is 0 Å². The average molecular weight is 723 g/mol. The molecule has 0 radical (unpaired) electrons. The first kappa shape index (κ1) is 37.8. The van der Waals surface area contributed by atoms with Crippen molar-refractivity contribution in [3.8, 4) is 5.75 Å². The quantitative estimate of drug-likeness (QED) is 0.171. The van der Waals surface area contributed by atoms with Gasteiger partial charge in [-0.2, -0.15) is 0 Å². The molecule has 0 bridgehead atoms. The number of imide groups is 2. The summed E-state index contributed by atoms with van der Waals surface area (Å²) in [5.41, 5.74) is -0.832. The van der Waals surface area contributed by atoms with Gasteiger partial charge in [-0.3, -0.25) is 44.0 Å². The van der Waals surface area contributed by atoms with E-state index in [0.717, 1.165) is 4.90 Å². The highest BCUT2D eigenvalue weighted by Crippen LogP contribution is 2.34. The summed E-state index contributed by atoms with van der Waals surface area (Å²) in [5, 5.41) is 7.78. The Bertz CT molecular complexity index is 1700. The van der Waals surface area contributed by atoms with Crippen molar-refractivity contribution in [2.24, 2.45) is 0 Å². The lowest BCUT2D eigenvalue weighted by atomic mass is 9.85. The molecule has 17 heteroatoms. The third-order valence-electron chi connectivity index (χ3n) is 8.31. The number of fused-ring (bicyclic) bond motifs is 1. The van der Waals surface area contributed by atoms with Crippen molar-refractivity contribution in [1.29, 1.82) is 0 Å². The van der Waals surface area contributed by atoms with Gasteiger partial charge in [0.1, 0.15) is 22.9 Å². The molecule has 1 unspecified atom stereocenters. The Hall–Kier alpha value is -5.42. The van der Waals surface area contributed by atoms with Crippen molar-refractivity contribution in [3.63, 3.8) is 0 Å². The molecule has 1 atom stereocenters. The number of nitrogens with zero attached hydrogens (tertiary/aromatic N) is 3. The molecule has 1 aromatic heterocycles. The summed E-state index contributed by atoms with van der Waals surface area (Å²) in [4.78, 5) is 94.4. The average Bonchev–Trinajstić information content (AvgIpc) is 3.33. The SMILES string of the molecule is CC(C)(C)OC(=O)N1CC(NC(=O)CCOCCOCCNC(=O)COc2cccc3c2C(=O)N(C2CCC(=O)NC2=O)C3=O)(c2ccccn2)C1. The van der Waals surface area contributed by atoms with Crippen LogP contribution >= 0.6 is 0 Å². The van der Waals surface area contributed by atoms with E-state index in [4.69, 9.17) is 18.9 Å². The van der Waals surface area contributed by atoms with Crippen LogP contribution in [0.2, 0.25) is 0 Å². The summed E-state index contributed by atoms with van der Waals surface area (Å²) in [6.45, 7) is 6.27. The number of nitrogens with one attached hydrogen (secondary N) is 3. The third kappa shape index (κ3) is 9.08. The summed E-state index contributed by atoms with van der Waals surface area (Å²) < 4.78 is 22.0. The van der Waals surface area contributed by atoms with Crippen LogP contribution in [-0.4, -0.2) is 121 Å². The number of carbonyl (C=O) groups is 7. The second-order valence-corrected chi connectivity index (χ2v) is 13.4. The Balaban J connectivity index is 0.959. The highest BCUT2D eigenvalue weighted by molar-refractivity contribution is 6.24. The maximum Gasteiger partial charge on any atom is 0.410 e. The number of benzene rings is 1. The molecule has 52 heavy (non-hydrogen) atoms. The Kier molecular flexibility index (Phi) is 11.8. The van der Waals surface area contributed by atoms with Crippen LogP contribution in [0.25, 0.3) is 0 Å². The van der Waals surface area contributed by atoms with Gasteiger partial charge in [-0.1, -0.05) is 12.1 Å². The molecule has 0 aliphatic carbocycles. The smallest absolute Gasteiger partial charge is 0.410 e. The van der Waals surface area contributed by atoms with Gasteiger partial charge >= 0.3 is 6.09 Å². The monoisotopic (exact) mass is 722 g/mol. The molecule has 2 saturated heterocycles. The highest BCUT2D eigenvalue weighted by Gasteiger charge is 2.50. The summed E-state index contributed by atoms with van der Waals surface area (Å²) in [6, 6.07) is 8.66. The third-order valence-corrected chi connectivity index (χ3v) is 8.31. The standard InChI is InChI=1S/C35H42N6O11/c1-34(2,3)52-33(48)40-20-35(21-40,25-9-4-5-13-36-25)39-27(43)12-15-49-17-18-50-16-14-37-28(44)19-51-24-8-6-7-22-29(24)32(47)41(31(22)46)23-10-11-26(42)38-30(23)45/h4-9,13,23H,10-12,14-21H2,1-3H3,(H,37,44)(H,39,43)(H,38,42,45). The Morgan fingerprint density at radius 1 is 0.942 bits per heavy atom. The van der Waals surface area contributed by atoms with Gasteiger partial charge < -0.3 is 34.5 Å². The predicted octanol–water partition coefficient (Wildman–Crippen LogP) is 0.664. The van der Waals surface area contributed by atoms with E-state index < -0.39 is 59.4 Å². The molecular weight excluding hydrogens is 680 g/mol. The number of ether oxygens (including phenoxy) is 4. The number of amides is 7. The molecule has 7 amide bonds. The molecule has 3 N–H and O–H groups in total. The fraction of sp³-hybridized carbons (Fsp3) is 0.486. The lowest BCUT2D eigenvalue weighted by molar-refractivity contribution is -0.136. The summed E-state index contributed by atoms with van der Waals surface area (Å²) in [7, 11) is 0. The molecule has 0 saturated carbocycles.